The first-order chi connectivity index (χ1) is 7.24. The fraction of sp³-hybridized carbons (Fsp3) is 0.417. The van der Waals surface area contributed by atoms with Crippen LogP contribution < -0.4 is 0 Å². The van der Waals surface area contributed by atoms with Crippen LogP contribution in [0.1, 0.15) is 23.1 Å². The number of hydrogen-bond acceptors (Lipinski definition) is 3. The van der Waals surface area contributed by atoms with E-state index in [0.29, 0.717) is 0 Å². The summed E-state index contributed by atoms with van der Waals surface area (Å²) in [6.07, 6.45) is 0.996. The van der Waals surface area contributed by atoms with Gasteiger partial charge in [0.1, 0.15) is 7.11 Å². The van der Waals surface area contributed by atoms with Crippen molar-refractivity contribution in [3.63, 3.8) is 0 Å². The molecule has 0 aliphatic carbocycles. The van der Waals surface area contributed by atoms with Crippen molar-refractivity contribution in [3.8, 4) is 0 Å². The average molecular weight is 221 g/mol. The topological polar surface area (TPSA) is 21.6 Å². The normalized spacial score (nSPS) is 17.7. The third-order valence-corrected chi connectivity index (χ3v) is 3.84. The summed E-state index contributed by atoms with van der Waals surface area (Å²) in [7, 11) is 1.61. The van der Waals surface area contributed by atoms with E-state index in [9.17, 15) is 0 Å². The van der Waals surface area contributed by atoms with E-state index in [1.54, 1.807) is 7.11 Å². The highest BCUT2D eigenvalue weighted by Crippen LogP contribution is 2.33. The van der Waals surface area contributed by atoms with Gasteiger partial charge >= 0.3 is 0 Å². The minimum absolute atomic E-state index is 0.996. The summed E-state index contributed by atoms with van der Waals surface area (Å²) >= 11 is 1.90. The van der Waals surface area contributed by atoms with Gasteiger partial charge in [0.25, 0.3) is 0 Å². The van der Waals surface area contributed by atoms with Crippen molar-refractivity contribution >= 4 is 17.5 Å². The second-order valence-corrected chi connectivity index (χ2v) is 4.84. The molecule has 3 heteroatoms. The molecule has 0 amide bonds. The van der Waals surface area contributed by atoms with Gasteiger partial charge in [-0.25, -0.2) is 0 Å². The molecule has 1 aromatic rings. The van der Waals surface area contributed by atoms with Crippen LogP contribution in [0.25, 0.3) is 0 Å². The van der Waals surface area contributed by atoms with E-state index in [4.69, 9.17) is 4.84 Å². The van der Waals surface area contributed by atoms with E-state index in [1.165, 1.54) is 21.6 Å². The summed E-state index contributed by atoms with van der Waals surface area (Å²) in [5.41, 5.74) is 5.02. The van der Waals surface area contributed by atoms with Crippen molar-refractivity contribution in [2.45, 2.75) is 25.2 Å². The monoisotopic (exact) mass is 221 g/mol. The summed E-state index contributed by atoms with van der Waals surface area (Å²) in [6, 6.07) is 4.36. The maximum atomic E-state index is 4.91. The van der Waals surface area contributed by atoms with Crippen molar-refractivity contribution in [1.82, 2.24) is 0 Å². The van der Waals surface area contributed by atoms with E-state index in [0.717, 1.165) is 17.9 Å². The zero-order chi connectivity index (χ0) is 10.8. The van der Waals surface area contributed by atoms with Gasteiger partial charge in [0, 0.05) is 22.6 Å². The first-order valence-corrected chi connectivity index (χ1v) is 6.06. The lowest BCUT2D eigenvalue weighted by molar-refractivity contribution is 0.213. The molecule has 15 heavy (non-hydrogen) atoms. The van der Waals surface area contributed by atoms with Crippen LogP contribution in [0.15, 0.2) is 22.2 Å². The predicted octanol–water partition coefficient (Wildman–Crippen LogP) is 3.15. The van der Waals surface area contributed by atoms with Crippen LogP contribution in [0, 0.1) is 13.8 Å². The molecule has 0 atom stereocenters. The van der Waals surface area contributed by atoms with Gasteiger partial charge < -0.3 is 4.84 Å². The lowest BCUT2D eigenvalue weighted by Crippen LogP contribution is -2.12. The molecule has 2 nitrogen and oxygen atoms in total. The molecule has 0 bridgehead atoms. The maximum Gasteiger partial charge on any atom is 0.106 e. The summed E-state index contributed by atoms with van der Waals surface area (Å²) < 4.78 is 0. The van der Waals surface area contributed by atoms with E-state index in [1.807, 2.05) is 11.8 Å². The standard InChI is InChI=1S/C12H15NOS/c1-8-4-5-11-12(9(8)2)10(13-14-3)6-7-15-11/h4-5H,6-7H2,1-3H3/b13-10+. The van der Waals surface area contributed by atoms with Crippen LogP contribution in [-0.4, -0.2) is 18.6 Å². The van der Waals surface area contributed by atoms with Crippen LogP contribution in [-0.2, 0) is 4.84 Å². The van der Waals surface area contributed by atoms with Gasteiger partial charge in [-0.3, -0.25) is 0 Å². The molecule has 0 N–H and O–H groups in total. The third-order valence-electron chi connectivity index (χ3n) is 2.78. The highest BCUT2D eigenvalue weighted by atomic mass is 32.2. The number of oxime groups is 1. The molecule has 2 rings (SSSR count). The smallest absolute Gasteiger partial charge is 0.106 e. The highest BCUT2D eigenvalue weighted by molar-refractivity contribution is 7.99. The van der Waals surface area contributed by atoms with Crippen LogP contribution in [0.2, 0.25) is 0 Å². The van der Waals surface area contributed by atoms with Crippen LogP contribution in [0.4, 0.5) is 0 Å². The van der Waals surface area contributed by atoms with Gasteiger partial charge in [-0.05, 0) is 31.0 Å². The lowest BCUT2D eigenvalue weighted by Gasteiger charge is -2.20. The predicted molar refractivity (Wildman–Crippen MR) is 64.8 cm³/mol. The Labute approximate surface area is 94.7 Å². The van der Waals surface area contributed by atoms with Crippen molar-refractivity contribution in [2.75, 3.05) is 12.9 Å². The highest BCUT2D eigenvalue weighted by Gasteiger charge is 2.19. The Balaban J connectivity index is 2.58. The van der Waals surface area contributed by atoms with Crippen molar-refractivity contribution < 1.29 is 4.84 Å². The number of hydrogen-bond donors (Lipinski definition) is 0. The lowest BCUT2D eigenvalue weighted by atomic mass is 9.98. The molecule has 0 radical (unpaired) electrons. The average Bonchev–Trinajstić information content (AvgIpc) is 2.24. The van der Waals surface area contributed by atoms with Gasteiger partial charge in [0.2, 0.25) is 0 Å². The van der Waals surface area contributed by atoms with E-state index < -0.39 is 0 Å². The zero-order valence-corrected chi connectivity index (χ0v) is 10.1. The van der Waals surface area contributed by atoms with Crippen molar-refractivity contribution in [1.29, 1.82) is 0 Å². The van der Waals surface area contributed by atoms with Gasteiger partial charge in [-0.15, -0.1) is 11.8 Å². The molecule has 0 saturated carbocycles. The van der Waals surface area contributed by atoms with Crippen molar-refractivity contribution in [2.24, 2.45) is 5.16 Å². The van der Waals surface area contributed by atoms with Gasteiger partial charge in [-0.1, -0.05) is 11.2 Å². The Kier molecular flexibility index (Phi) is 3.00. The largest absolute Gasteiger partial charge is 0.399 e. The van der Waals surface area contributed by atoms with Crippen LogP contribution >= 0.6 is 11.8 Å². The van der Waals surface area contributed by atoms with Gasteiger partial charge in [-0.2, -0.15) is 0 Å². The molecule has 0 spiro atoms. The zero-order valence-electron chi connectivity index (χ0n) is 9.33. The molecule has 0 aromatic heterocycles. The Morgan fingerprint density at radius 3 is 2.87 bits per heavy atom. The van der Waals surface area contributed by atoms with E-state index >= 15 is 0 Å². The minimum Gasteiger partial charge on any atom is -0.399 e. The summed E-state index contributed by atoms with van der Waals surface area (Å²) in [5, 5.41) is 4.13. The molecule has 1 aliphatic rings. The number of rotatable bonds is 1. The number of thioether (sulfide) groups is 1. The van der Waals surface area contributed by atoms with Crippen LogP contribution in [0.5, 0.6) is 0 Å². The molecule has 1 heterocycles. The van der Waals surface area contributed by atoms with E-state index in [2.05, 4.69) is 31.1 Å². The second kappa shape index (κ2) is 4.27. The molecule has 80 valence electrons. The van der Waals surface area contributed by atoms with E-state index in [-0.39, 0.29) is 0 Å². The summed E-state index contributed by atoms with van der Waals surface area (Å²) in [4.78, 5) is 6.25. The SMILES string of the molecule is CO/N=C1\CCSc2ccc(C)c(C)c21. The molecular formula is C12H15NOS. The number of benzene rings is 1. The maximum absolute atomic E-state index is 4.91. The number of fused-ring (bicyclic) bond motifs is 1. The Morgan fingerprint density at radius 2 is 2.13 bits per heavy atom. The van der Waals surface area contributed by atoms with Crippen molar-refractivity contribution in [3.05, 3.63) is 28.8 Å². The van der Waals surface area contributed by atoms with Gasteiger partial charge in [0.05, 0.1) is 5.71 Å². The summed E-state index contributed by atoms with van der Waals surface area (Å²) in [6.45, 7) is 4.30. The number of aryl methyl sites for hydroxylation is 1. The second-order valence-electron chi connectivity index (χ2n) is 3.70. The fourth-order valence-corrected chi connectivity index (χ4v) is 2.95. The molecule has 1 aromatic carbocycles. The molecule has 1 aliphatic heterocycles. The Bertz CT molecular complexity index is 412. The third kappa shape index (κ3) is 1.88. The first-order valence-electron chi connectivity index (χ1n) is 5.07. The molecular weight excluding hydrogens is 206 g/mol. The van der Waals surface area contributed by atoms with Gasteiger partial charge in [0.15, 0.2) is 0 Å². The fourth-order valence-electron chi connectivity index (χ4n) is 1.85. The molecule has 0 saturated heterocycles. The Morgan fingerprint density at radius 1 is 1.33 bits per heavy atom. The molecule has 0 unspecified atom stereocenters. The Hall–Kier alpha value is -0.960. The van der Waals surface area contributed by atoms with Crippen LogP contribution in [0.3, 0.4) is 0 Å². The quantitative estimate of drug-likeness (QED) is 0.679. The molecule has 0 fully saturated rings. The summed E-state index contributed by atoms with van der Waals surface area (Å²) in [5.74, 6) is 1.09. The minimum atomic E-state index is 0.996. The first kappa shape index (κ1) is 10.6. The number of nitrogens with zero attached hydrogens (tertiary/aromatic N) is 1.